The van der Waals surface area contributed by atoms with Gasteiger partial charge in [-0.3, -0.25) is 10.6 Å². The Morgan fingerprint density at radius 1 is 1.50 bits per heavy atom. The first-order valence-electron chi connectivity index (χ1n) is 6.52. The van der Waals surface area contributed by atoms with Crippen LogP contribution >= 0.6 is 0 Å². The van der Waals surface area contributed by atoms with Crippen LogP contribution in [0.1, 0.15) is 43.0 Å². The number of nitrogens with one attached hydrogen (secondary N) is 1. The summed E-state index contributed by atoms with van der Waals surface area (Å²) in [7, 11) is 3.31. The molecule has 1 atom stereocenters. The molecular weight excluding hydrogens is 258 g/mol. The molecule has 1 rings (SSSR count). The molecule has 0 aliphatic heterocycles. The zero-order valence-electron chi connectivity index (χ0n) is 12.7. The number of ether oxygens (including phenoxy) is 1. The van der Waals surface area contributed by atoms with Crippen LogP contribution in [0.15, 0.2) is 6.20 Å². The summed E-state index contributed by atoms with van der Waals surface area (Å²) in [6, 6.07) is -0.0596. The predicted octanol–water partition coefficient (Wildman–Crippen LogP) is 0.992. The van der Waals surface area contributed by atoms with Gasteiger partial charge in [0, 0.05) is 20.1 Å². The third-order valence-corrected chi connectivity index (χ3v) is 3.07. The Balaban J connectivity index is 3.09. The number of anilines is 1. The molecule has 0 bridgehead atoms. The lowest BCUT2D eigenvalue weighted by Gasteiger charge is -2.24. The van der Waals surface area contributed by atoms with E-state index in [2.05, 4.69) is 15.4 Å². The normalized spacial score (nSPS) is 12.3. The van der Waals surface area contributed by atoms with E-state index in [1.807, 2.05) is 20.8 Å². The number of nitrogen functional groups attached to an aromatic ring is 1. The number of hydrazine groups is 1. The van der Waals surface area contributed by atoms with Crippen molar-refractivity contribution in [3.63, 3.8) is 0 Å². The Labute approximate surface area is 119 Å². The van der Waals surface area contributed by atoms with Crippen LogP contribution in [0.4, 0.5) is 5.69 Å². The first-order chi connectivity index (χ1) is 9.42. The third kappa shape index (κ3) is 3.64. The molecule has 1 aromatic heterocycles. The Hall–Kier alpha value is -1.73. The fourth-order valence-corrected chi connectivity index (χ4v) is 1.66. The van der Waals surface area contributed by atoms with Gasteiger partial charge in [-0.05, 0) is 6.92 Å². The first kappa shape index (κ1) is 16.3. The van der Waals surface area contributed by atoms with Crippen molar-refractivity contribution in [3.8, 4) is 0 Å². The largest absolute Gasteiger partial charge is 0.383 e. The molecule has 0 saturated carbocycles. The van der Waals surface area contributed by atoms with Gasteiger partial charge in [-0.25, -0.2) is 9.97 Å². The van der Waals surface area contributed by atoms with Gasteiger partial charge in [0.25, 0.3) is 5.91 Å². The summed E-state index contributed by atoms with van der Waals surface area (Å²) in [6.45, 7) is 6.30. The van der Waals surface area contributed by atoms with Gasteiger partial charge in [-0.15, -0.1) is 0 Å². The third-order valence-electron chi connectivity index (χ3n) is 3.07. The highest BCUT2D eigenvalue weighted by molar-refractivity contribution is 5.97. The molecule has 7 heteroatoms. The zero-order valence-corrected chi connectivity index (χ0v) is 12.7. The Morgan fingerprint density at radius 2 is 2.15 bits per heavy atom. The van der Waals surface area contributed by atoms with Crippen molar-refractivity contribution in [1.29, 1.82) is 0 Å². The summed E-state index contributed by atoms with van der Waals surface area (Å²) in [6.07, 6.45) is 1.53. The van der Waals surface area contributed by atoms with Gasteiger partial charge in [-0.1, -0.05) is 13.8 Å². The molecule has 1 aromatic rings. The van der Waals surface area contributed by atoms with Gasteiger partial charge in [0.1, 0.15) is 5.82 Å². The fourth-order valence-electron chi connectivity index (χ4n) is 1.66. The lowest BCUT2D eigenvalue weighted by Crippen LogP contribution is -2.39. The van der Waals surface area contributed by atoms with Crippen LogP contribution in [0.5, 0.6) is 0 Å². The summed E-state index contributed by atoms with van der Waals surface area (Å²) >= 11 is 0. The second kappa shape index (κ2) is 7.16. The van der Waals surface area contributed by atoms with Crippen molar-refractivity contribution in [2.24, 2.45) is 5.84 Å². The minimum absolute atomic E-state index is 0.0596. The van der Waals surface area contributed by atoms with E-state index in [1.54, 1.807) is 19.1 Å². The van der Waals surface area contributed by atoms with Gasteiger partial charge in [0.2, 0.25) is 0 Å². The molecule has 1 heterocycles. The maximum Gasteiger partial charge on any atom is 0.274 e. The Kier molecular flexibility index (Phi) is 5.84. The number of amides is 1. The van der Waals surface area contributed by atoms with Crippen molar-refractivity contribution in [2.75, 3.05) is 26.2 Å². The van der Waals surface area contributed by atoms with Crippen molar-refractivity contribution in [2.45, 2.75) is 32.7 Å². The summed E-state index contributed by atoms with van der Waals surface area (Å²) in [5, 5.41) is 0. The van der Waals surface area contributed by atoms with Crippen LogP contribution in [-0.4, -0.2) is 47.6 Å². The molecule has 7 nitrogen and oxygen atoms in total. The number of hydrogen-bond donors (Lipinski definition) is 2. The number of nitrogens with two attached hydrogens (primary N) is 1. The molecule has 20 heavy (non-hydrogen) atoms. The monoisotopic (exact) mass is 281 g/mol. The lowest BCUT2D eigenvalue weighted by molar-refractivity contribution is 0.0628. The maximum atomic E-state index is 12.5. The summed E-state index contributed by atoms with van der Waals surface area (Å²) in [4.78, 5) is 22.6. The smallest absolute Gasteiger partial charge is 0.274 e. The van der Waals surface area contributed by atoms with E-state index in [4.69, 9.17) is 10.6 Å². The van der Waals surface area contributed by atoms with E-state index in [1.165, 1.54) is 6.20 Å². The summed E-state index contributed by atoms with van der Waals surface area (Å²) < 4.78 is 5.06. The van der Waals surface area contributed by atoms with Gasteiger partial charge in [0.15, 0.2) is 5.69 Å². The molecule has 0 aliphatic carbocycles. The molecule has 3 N–H and O–H groups in total. The number of methoxy groups -OCH3 is 1. The molecule has 0 spiro atoms. The zero-order chi connectivity index (χ0) is 15.3. The van der Waals surface area contributed by atoms with Crippen molar-refractivity contribution >= 4 is 11.6 Å². The second-order valence-corrected chi connectivity index (χ2v) is 5.01. The molecule has 0 aromatic carbocycles. The Bertz CT molecular complexity index is 464. The molecule has 0 saturated heterocycles. The van der Waals surface area contributed by atoms with Crippen molar-refractivity contribution in [3.05, 3.63) is 17.7 Å². The van der Waals surface area contributed by atoms with Crippen molar-refractivity contribution in [1.82, 2.24) is 14.9 Å². The molecule has 1 unspecified atom stereocenters. The SMILES string of the molecule is COCC(C)N(C)C(=O)c1nc(C(C)C)ncc1NN. The molecule has 0 radical (unpaired) electrons. The highest BCUT2D eigenvalue weighted by Crippen LogP contribution is 2.17. The van der Waals surface area contributed by atoms with Gasteiger partial charge in [0.05, 0.1) is 24.5 Å². The summed E-state index contributed by atoms with van der Waals surface area (Å²) in [5.74, 6) is 5.95. The van der Waals surface area contributed by atoms with Crippen LogP contribution in [0.25, 0.3) is 0 Å². The van der Waals surface area contributed by atoms with E-state index in [-0.39, 0.29) is 23.6 Å². The van der Waals surface area contributed by atoms with Crippen LogP contribution in [0.2, 0.25) is 0 Å². The standard InChI is InChI=1S/C13H23N5O2/c1-8(2)12-15-6-10(17-14)11(16-12)13(19)18(4)9(3)7-20-5/h6,8-9,17H,7,14H2,1-5H3. The number of aromatic nitrogens is 2. The molecular formula is C13H23N5O2. The highest BCUT2D eigenvalue weighted by atomic mass is 16.5. The van der Waals surface area contributed by atoms with Crippen LogP contribution in [-0.2, 0) is 4.74 Å². The van der Waals surface area contributed by atoms with Gasteiger partial charge >= 0.3 is 0 Å². The molecule has 1 amide bonds. The first-order valence-corrected chi connectivity index (χ1v) is 6.52. The number of likely N-dealkylation sites (N-methyl/N-ethyl adjacent to an activating group) is 1. The highest BCUT2D eigenvalue weighted by Gasteiger charge is 2.22. The van der Waals surface area contributed by atoms with E-state index in [0.717, 1.165) is 0 Å². The molecule has 112 valence electrons. The topological polar surface area (TPSA) is 93.4 Å². The summed E-state index contributed by atoms with van der Waals surface area (Å²) in [5.41, 5.74) is 3.15. The number of nitrogens with zero attached hydrogens (tertiary/aromatic N) is 3. The van der Waals surface area contributed by atoms with E-state index < -0.39 is 0 Å². The minimum atomic E-state index is -0.216. The molecule has 0 fully saturated rings. The number of carbonyl (C=O) groups excluding carboxylic acids is 1. The average molecular weight is 281 g/mol. The number of rotatable bonds is 6. The van der Waals surface area contributed by atoms with Crippen LogP contribution in [0.3, 0.4) is 0 Å². The Morgan fingerprint density at radius 3 is 2.65 bits per heavy atom. The minimum Gasteiger partial charge on any atom is -0.383 e. The van der Waals surface area contributed by atoms with Gasteiger partial charge < -0.3 is 15.1 Å². The van der Waals surface area contributed by atoms with E-state index in [0.29, 0.717) is 18.1 Å². The van der Waals surface area contributed by atoms with Crippen molar-refractivity contribution < 1.29 is 9.53 Å². The quantitative estimate of drug-likeness (QED) is 0.596. The van der Waals surface area contributed by atoms with E-state index in [9.17, 15) is 4.79 Å². The van der Waals surface area contributed by atoms with Gasteiger partial charge in [-0.2, -0.15) is 0 Å². The lowest BCUT2D eigenvalue weighted by atomic mass is 10.2. The van der Waals surface area contributed by atoms with Crippen LogP contribution < -0.4 is 11.3 Å². The molecule has 0 aliphatic rings. The number of carbonyl (C=O) groups is 1. The predicted molar refractivity (Wildman–Crippen MR) is 77.4 cm³/mol. The fraction of sp³-hybridized carbons (Fsp3) is 0.615. The maximum absolute atomic E-state index is 12.5. The van der Waals surface area contributed by atoms with E-state index >= 15 is 0 Å². The average Bonchev–Trinajstić information content (AvgIpc) is 2.45. The number of hydrogen-bond acceptors (Lipinski definition) is 6. The van der Waals surface area contributed by atoms with Crippen LogP contribution in [0, 0.1) is 0 Å². The second-order valence-electron chi connectivity index (χ2n) is 5.01.